The van der Waals surface area contributed by atoms with Crippen molar-refractivity contribution in [1.82, 2.24) is 4.98 Å². The van der Waals surface area contributed by atoms with Gasteiger partial charge in [-0.25, -0.2) is 9.78 Å². The third-order valence-corrected chi connectivity index (χ3v) is 4.65. The number of benzene rings is 1. The minimum atomic E-state index is -0.388. The Morgan fingerprint density at radius 3 is 2.59 bits per heavy atom. The van der Waals surface area contributed by atoms with E-state index in [2.05, 4.69) is 16.4 Å². The van der Waals surface area contributed by atoms with Crippen molar-refractivity contribution in [3.05, 3.63) is 52.7 Å². The van der Waals surface area contributed by atoms with Crippen LogP contribution in [0.4, 0.5) is 5.69 Å². The average molecular weight is 383 g/mol. The number of nitriles is 1. The molecule has 0 spiro atoms. The predicted molar refractivity (Wildman–Crippen MR) is 105 cm³/mol. The molecule has 1 aromatic carbocycles. The van der Waals surface area contributed by atoms with Gasteiger partial charge in [0, 0.05) is 23.6 Å². The van der Waals surface area contributed by atoms with E-state index >= 15 is 0 Å². The zero-order valence-corrected chi connectivity index (χ0v) is 16.4. The minimum Gasteiger partial charge on any atom is -0.462 e. The zero-order chi connectivity index (χ0) is 19.8. The quantitative estimate of drug-likeness (QED) is 0.576. The largest absolute Gasteiger partial charge is 0.462 e. The lowest BCUT2D eigenvalue weighted by atomic mass is 10.1. The molecule has 2 rings (SSSR count). The summed E-state index contributed by atoms with van der Waals surface area (Å²) in [4.78, 5) is 28.1. The van der Waals surface area contributed by atoms with E-state index < -0.39 is 0 Å². The van der Waals surface area contributed by atoms with Gasteiger partial charge >= 0.3 is 5.97 Å². The van der Waals surface area contributed by atoms with Crippen molar-refractivity contribution in [1.29, 1.82) is 5.26 Å². The van der Waals surface area contributed by atoms with Gasteiger partial charge in [0.25, 0.3) is 0 Å². The molecule has 0 bridgehead atoms. The van der Waals surface area contributed by atoms with Crippen molar-refractivity contribution < 1.29 is 14.3 Å². The Kier molecular flexibility index (Phi) is 7.38. The molecule has 0 saturated carbocycles. The van der Waals surface area contributed by atoms with Crippen LogP contribution in [-0.4, -0.2) is 29.2 Å². The van der Waals surface area contributed by atoms with E-state index in [0.29, 0.717) is 34.2 Å². The molecule has 0 aliphatic heterocycles. The highest BCUT2D eigenvalue weighted by atomic mass is 32.2. The topological polar surface area (TPSA) is 92.1 Å². The summed E-state index contributed by atoms with van der Waals surface area (Å²) in [5.41, 5.74) is 3.34. The molecule has 1 N–H and O–H groups in total. The van der Waals surface area contributed by atoms with E-state index in [9.17, 15) is 14.9 Å². The number of esters is 1. The van der Waals surface area contributed by atoms with Crippen LogP contribution in [0, 0.1) is 25.2 Å². The molecule has 0 aliphatic rings. The number of aryl methyl sites for hydroxylation is 2. The van der Waals surface area contributed by atoms with Gasteiger partial charge in [0.15, 0.2) is 0 Å². The lowest BCUT2D eigenvalue weighted by Gasteiger charge is -2.08. The van der Waals surface area contributed by atoms with Gasteiger partial charge in [-0.1, -0.05) is 0 Å². The van der Waals surface area contributed by atoms with Crippen molar-refractivity contribution in [3.63, 3.8) is 0 Å². The van der Waals surface area contributed by atoms with Crippen molar-refractivity contribution in [2.45, 2.75) is 32.2 Å². The second-order valence-electron chi connectivity index (χ2n) is 5.82. The van der Waals surface area contributed by atoms with Gasteiger partial charge in [0.2, 0.25) is 5.91 Å². The summed E-state index contributed by atoms with van der Waals surface area (Å²) in [5, 5.41) is 12.7. The number of pyridine rings is 1. The number of carbonyl (C=O) groups excluding carboxylic acids is 2. The molecule has 0 aliphatic carbocycles. The van der Waals surface area contributed by atoms with Crippen LogP contribution in [0.2, 0.25) is 0 Å². The van der Waals surface area contributed by atoms with Gasteiger partial charge in [-0.3, -0.25) is 4.79 Å². The van der Waals surface area contributed by atoms with Gasteiger partial charge in [-0.05, 0) is 56.7 Å². The molecular formula is C20H21N3O3S. The second kappa shape index (κ2) is 9.74. The normalized spacial score (nSPS) is 10.1. The number of hydrogen-bond acceptors (Lipinski definition) is 6. The van der Waals surface area contributed by atoms with Crippen LogP contribution in [0.25, 0.3) is 0 Å². The first-order valence-corrected chi connectivity index (χ1v) is 9.51. The maximum absolute atomic E-state index is 12.1. The maximum Gasteiger partial charge on any atom is 0.338 e. The van der Waals surface area contributed by atoms with Crippen LogP contribution in [0.5, 0.6) is 0 Å². The Labute approximate surface area is 162 Å². The van der Waals surface area contributed by atoms with Gasteiger partial charge in [0.05, 0.1) is 17.7 Å². The zero-order valence-electron chi connectivity index (χ0n) is 15.5. The van der Waals surface area contributed by atoms with E-state index in [4.69, 9.17) is 4.74 Å². The SMILES string of the molecule is CCOC(=O)c1ccc(NC(=O)CCSc2nc(C)cc(C)c2C#N)cc1. The summed E-state index contributed by atoms with van der Waals surface area (Å²) in [7, 11) is 0. The van der Waals surface area contributed by atoms with Crippen LogP contribution >= 0.6 is 11.8 Å². The summed E-state index contributed by atoms with van der Waals surface area (Å²) in [6, 6.07) is 10.6. The van der Waals surface area contributed by atoms with Crippen LogP contribution in [-0.2, 0) is 9.53 Å². The van der Waals surface area contributed by atoms with Crippen LogP contribution in [0.3, 0.4) is 0 Å². The third-order valence-electron chi connectivity index (χ3n) is 3.67. The van der Waals surface area contributed by atoms with Crippen molar-refractivity contribution in [2.75, 3.05) is 17.7 Å². The van der Waals surface area contributed by atoms with E-state index in [0.717, 1.165) is 11.3 Å². The first-order chi connectivity index (χ1) is 12.9. The highest BCUT2D eigenvalue weighted by Gasteiger charge is 2.11. The molecule has 1 aromatic heterocycles. The lowest BCUT2D eigenvalue weighted by molar-refractivity contribution is -0.115. The second-order valence-corrected chi connectivity index (χ2v) is 6.90. The number of amides is 1. The van der Waals surface area contributed by atoms with Crippen molar-refractivity contribution in [3.8, 4) is 6.07 Å². The number of nitrogens with zero attached hydrogens (tertiary/aromatic N) is 2. The fourth-order valence-electron chi connectivity index (χ4n) is 2.41. The highest BCUT2D eigenvalue weighted by Crippen LogP contribution is 2.24. The molecule has 7 heteroatoms. The number of anilines is 1. The van der Waals surface area contributed by atoms with Gasteiger partial charge in [-0.15, -0.1) is 11.8 Å². The monoisotopic (exact) mass is 383 g/mol. The Balaban J connectivity index is 1.88. The molecule has 0 saturated heterocycles. The molecule has 0 fully saturated rings. The third kappa shape index (κ3) is 5.83. The van der Waals surface area contributed by atoms with Crippen molar-refractivity contribution >= 4 is 29.3 Å². The fourth-order valence-corrected chi connectivity index (χ4v) is 3.45. The molecule has 0 unspecified atom stereocenters. The number of thioether (sulfide) groups is 1. The molecule has 6 nitrogen and oxygen atoms in total. The molecule has 0 radical (unpaired) electrons. The molecule has 0 atom stereocenters. The summed E-state index contributed by atoms with van der Waals surface area (Å²) in [6.45, 7) is 5.82. The lowest BCUT2D eigenvalue weighted by Crippen LogP contribution is -2.12. The van der Waals surface area contributed by atoms with Crippen LogP contribution < -0.4 is 5.32 Å². The summed E-state index contributed by atoms with van der Waals surface area (Å²) < 4.78 is 4.92. The molecule has 2 aromatic rings. The van der Waals surface area contributed by atoms with Gasteiger partial charge in [-0.2, -0.15) is 5.26 Å². The minimum absolute atomic E-state index is 0.144. The van der Waals surface area contributed by atoms with Gasteiger partial charge < -0.3 is 10.1 Å². The number of nitrogens with one attached hydrogen (secondary N) is 1. The molecule has 27 heavy (non-hydrogen) atoms. The maximum atomic E-state index is 12.1. The summed E-state index contributed by atoms with van der Waals surface area (Å²) in [6.07, 6.45) is 0.282. The smallest absolute Gasteiger partial charge is 0.338 e. The number of carbonyl (C=O) groups is 2. The number of hydrogen-bond donors (Lipinski definition) is 1. The Morgan fingerprint density at radius 1 is 1.26 bits per heavy atom. The Bertz CT molecular complexity index is 873. The molecule has 1 heterocycles. The Morgan fingerprint density at radius 2 is 1.96 bits per heavy atom. The van der Waals surface area contributed by atoms with E-state index in [1.54, 1.807) is 31.2 Å². The van der Waals surface area contributed by atoms with E-state index in [-0.39, 0.29) is 18.3 Å². The van der Waals surface area contributed by atoms with Gasteiger partial charge in [0.1, 0.15) is 11.1 Å². The molecule has 140 valence electrons. The fraction of sp³-hybridized carbons (Fsp3) is 0.300. The standard InChI is InChI=1S/C20H21N3O3S/c1-4-26-20(25)15-5-7-16(8-6-15)23-18(24)9-10-27-19-17(12-21)13(2)11-14(3)22-19/h5-8,11H,4,9-10H2,1-3H3,(H,23,24). The van der Waals surface area contributed by atoms with Crippen LogP contribution in [0.1, 0.15) is 40.5 Å². The number of rotatable bonds is 7. The molecule has 1 amide bonds. The number of aromatic nitrogens is 1. The predicted octanol–water partition coefficient (Wildman–Crippen LogP) is 3.87. The first kappa shape index (κ1) is 20.5. The molecular weight excluding hydrogens is 362 g/mol. The summed E-state index contributed by atoms with van der Waals surface area (Å²) >= 11 is 1.40. The van der Waals surface area contributed by atoms with Crippen LogP contribution in [0.15, 0.2) is 35.4 Å². The van der Waals surface area contributed by atoms with E-state index in [1.807, 2.05) is 19.9 Å². The first-order valence-electron chi connectivity index (χ1n) is 8.52. The van der Waals surface area contributed by atoms with Crippen molar-refractivity contribution in [2.24, 2.45) is 0 Å². The summed E-state index contributed by atoms with van der Waals surface area (Å²) in [5.74, 6) is -0.0209. The average Bonchev–Trinajstić information content (AvgIpc) is 2.62. The Hall–Kier alpha value is -2.85. The highest BCUT2D eigenvalue weighted by molar-refractivity contribution is 7.99. The van der Waals surface area contributed by atoms with E-state index in [1.165, 1.54) is 11.8 Å². The number of ether oxygens (including phenoxy) is 1.